The number of aryl methyl sites for hydroxylation is 1. The molecule has 1 aliphatic heterocycles. The van der Waals surface area contributed by atoms with Crippen LogP contribution in [0.25, 0.3) is 0 Å². The van der Waals surface area contributed by atoms with Gasteiger partial charge >= 0.3 is 0 Å². The average molecular weight is 246 g/mol. The first-order valence-corrected chi connectivity index (χ1v) is 7.45. The van der Waals surface area contributed by atoms with Gasteiger partial charge in [0.1, 0.15) is 0 Å². The molecule has 1 saturated carbocycles. The molecule has 0 aromatic carbocycles. The van der Waals surface area contributed by atoms with Crippen molar-refractivity contribution in [2.24, 2.45) is 5.41 Å². The molecule has 0 amide bonds. The molecule has 3 rings (SSSR count). The summed E-state index contributed by atoms with van der Waals surface area (Å²) in [7, 11) is 0. The molecule has 100 valence electrons. The summed E-state index contributed by atoms with van der Waals surface area (Å²) >= 11 is 0. The number of hydrogen-bond acceptors (Lipinski definition) is 2. The molecule has 0 bridgehead atoms. The maximum Gasteiger partial charge on any atom is 0.0553 e. The Bertz CT molecular complexity index is 363. The highest BCUT2D eigenvalue weighted by Crippen LogP contribution is 2.46. The first-order chi connectivity index (χ1) is 8.77. The van der Waals surface area contributed by atoms with Gasteiger partial charge < -0.3 is 4.90 Å². The maximum atomic E-state index is 4.40. The first-order valence-electron chi connectivity index (χ1n) is 7.45. The predicted molar refractivity (Wildman–Crippen MR) is 78.1 cm³/mol. The van der Waals surface area contributed by atoms with Crippen molar-refractivity contribution in [1.82, 2.24) is 4.98 Å². The Morgan fingerprint density at radius 2 is 1.83 bits per heavy atom. The van der Waals surface area contributed by atoms with Crippen LogP contribution in [0.15, 0.2) is 18.3 Å². The van der Waals surface area contributed by atoms with Crippen molar-refractivity contribution < 1.29 is 0 Å². The van der Waals surface area contributed by atoms with Gasteiger partial charge in [0.05, 0.1) is 11.9 Å². The zero-order valence-corrected chi connectivity index (χ0v) is 12.1. The Kier molecular flexibility index (Phi) is 4.26. The zero-order valence-electron chi connectivity index (χ0n) is 12.1. The van der Waals surface area contributed by atoms with Crippen molar-refractivity contribution >= 4 is 5.69 Å². The van der Waals surface area contributed by atoms with E-state index in [2.05, 4.69) is 22.0 Å². The monoisotopic (exact) mass is 246 g/mol. The molecule has 18 heavy (non-hydrogen) atoms. The van der Waals surface area contributed by atoms with Crippen LogP contribution in [-0.2, 0) is 0 Å². The average Bonchev–Trinajstić information content (AvgIpc) is 3.04. The van der Waals surface area contributed by atoms with Gasteiger partial charge in [0.25, 0.3) is 0 Å². The van der Waals surface area contributed by atoms with E-state index in [9.17, 15) is 0 Å². The molecule has 0 N–H and O–H groups in total. The minimum absolute atomic E-state index is 0.658. The van der Waals surface area contributed by atoms with Gasteiger partial charge in [0.2, 0.25) is 0 Å². The predicted octanol–water partition coefficient (Wildman–Crippen LogP) is 4.19. The topological polar surface area (TPSA) is 16.1 Å². The van der Waals surface area contributed by atoms with Crippen LogP contribution >= 0.6 is 0 Å². The summed E-state index contributed by atoms with van der Waals surface area (Å²) in [4.78, 5) is 6.92. The van der Waals surface area contributed by atoms with Gasteiger partial charge in [-0.05, 0) is 43.7 Å². The van der Waals surface area contributed by atoms with E-state index in [0.717, 1.165) is 5.69 Å². The number of aromatic nitrogens is 1. The number of nitrogens with zero attached hydrogens (tertiary/aromatic N) is 2. The highest BCUT2D eigenvalue weighted by Gasteiger charge is 2.40. The maximum absolute atomic E-state index is 4.40. The molecule has 2 aliphatic rings. The smallest absolute Gasteiger partial charge is 0.0553 e. The highest BCUT2D eigenvalue weighted by atomic mass is 15.2. The Morgan fingerprint density at radius 3 is 2.44 bits per heavy atom. The molecule has 1 aliphatic carbocycles. The van der Waals surface area contributed by atoms with E-state index >= 15 is 0 Å². The summed E-state index contributed by atoms with van der Waals surface area (Å²) in [5.41, 5.74) is 3.08. The van der Waals surface area contributed by atoms with E-state index in [4.69, 9.17) is 0 Å². The summed E-state index contributed by atoms with van der Waals surface area (Å²) in [6.45, 7) is 8.54. The van der Waals surface area contributed by atoms with Gasteiger partial charge in [-0.25, -0.2) is 0 Å². The second kappa shape index (κ2) is 5.73. The molecule has 0 radical (unpaired) electrons. The Labute approximate surface area is 111 Å². The third kappa shape index (κ3) is 2.68. The highest BCUT2D eigenvalue weighted by molar-refractivity contribution is 5.46. The SMILES string of the molecule is CC.Cc1ccc(N2CCC3(CCCC3)C2)cn1. The van der Waals surface area contributed by atoms with Gasteiger partial charge in [0.15, 0.2) is 0 Å². The molecule has 0 unspecified atom stereocenters. The third-order valence-electron chi connectivity index (χ3n) is 4.36. The fraction of sp³-hybridized carbons (Fsp3) is 0.688. The second-order valence-electron chi connectivity index (χ2n) is 5.54. The van der Waals surface area contributed by atoms with Crippen LogP contribution in [0.1, 0.15) is 51.6 Å². The van der Waals surface area contributed by atoms with Gasteiger partial charge in [0, 0.05) is 18.8 Å². The lowest BCUT2D eigenvalue weighted by Crippen LogP contribution is -2.24. The van der Waals surface area contributed by atoms with Gasteiger partial charge in [-0.15, -0.1) is 0 Å². The summed E-state index contributed by atoms with van der Waals surface area (Å²) in [5, 5.41) is 0. The molecule has 2 heterocycles. The first kappa shape index (κ1) is 13.4. The summed E-state index contributed by atoms with van der Waals surface area (Å²) in [5.74, 6) is 0. The Morgan fingerprint density at radius 1 is 1.11 bits per heavy atom. The number of rotatable bonds is 1. The van der Waals surface area contributed by atoms with Crippen molar-refractivity contribution in [3.8, 4) is 0 Å². The summed E-state index contributed by atoms with van der Waals surface area (Å²) < 4.78 is 0. The lowest BCUT2D eigenvalue weighted by Gasteiger charge is -2.24. The van der Waals surface area contributed by atoms with Crippen molar-refractivity contribution in [3.63, 3.8) is 0 Å². The molecule has 1 aromatic rings. The van der Waals surface area contributed by atoms with Crippen LogP contribution in [0.2, 0.25) is 0 Å². The van der Waals surface area contributed by atoms with Gasteiger partial charge in [-0.1, -0.05) is 26.7 Å². The summed E-state index contributed by atoms with van der Waals surface area (Å²) in [6.07, 6.45) is 9.20. The minimum atomic E-state index is 0.658. The molecule has 2 heteroatoms. The van der Waals surface area contributed by atoms with Crippen molar-refractivity contribution in [2.75, 3.05) is 18.0 Å². The fourth-order valence-electron chi connectivity index (χ4n) is 3.34. The normalized spacial score (nSPS) is 20.9. The van der Waals surface area contributed by atoms with Crippen LogP contribution in [-0.4, -0.2) is 18.1 Å². The van der Waals surface area contributed by atoms with Gasteiger partial charge in [-0.2, -0.15) is 0 Å². The van der Waals surface area contributed by atoms with Crippen LogP contribution < -0.4 is 4.90 Å². The standard InChI is InChI=1S/C14H20N2.C2H6/c1-12-4-5-13(10-15-12)16-9-8-14(11-16)6-2-3-7-14;1-2/h4-5,10H,2-3,6-9,11H2,1H3;1-2H3. The molecular formula is C16H26N2. The van der Waals surface area contributed by atoms with Crippen LogP contribution in [0.5, 0.6) is 0 Å². The molecule has 1 saturated heterocycles. The Balaban J connectivity index is 0.000000574. The third-order valence-corrected chi connectivity index (χ3v) is 4.36. The van der Waals surface area contributed by atoms with E-state index in [1.165, 1.54) is 50.9 Å². The molecule has 2 nitrogen and oxygen atoms in total. The van der Waals surface area contributed by atoms with Crippen molar-refractivity contribution in [3.05, 3.63) is 24.0 Å². The van der Waals surface area contributed by atoms with E-state index in [0.29, 0.717) is 5.41 Å². The van der Waals surface area contributed by atoms with E-state index < -0.39 is 0 Å². The lowest BCUT2D eigenvalue weighted by molar-refractivity contribution is 0.341. The molecule has 1 aromatic heterocycles. The molecule has 0 atom stereocenters. The minimum Gasteiger partial charge on any atom is -0.370 e. The van der Waals surface area contributed by atoms with Crippen LogP contribution in [0.3, 0.4) is 0 Å². The summed E-state index contributed by atoms with van der Waals surface area (Å²) in [6, 6.07) is 4.34. The van der Waals surface area contributed by atoms with Crippen molar-refractivity contribution in [1.29, 1.82) is 0 Å². The number of hydrogen-bond donors (Lipinski definition) is 0. The fourth-order valence-corrected chi connectivity index (χ4v) is 3.34. The largest absolute Gasteiger partial charge is 0.370 e. The second-order valence-corrected chi connectivity index (χ2v) is 5.54. The Hall–Kier alpha value is -1.05. The molecule has 2 fully saturated rings. The van der Waals surface area contributed by atoms with E-state index in [1.54, 1.807) is 0 Å². The van der Waals surface area contributed by atoms with Gasteiger partial charge in [-0.3, -0.25) is 4.98 Å². The van der Waals surface area contributed by atoms with E-state index in [1.807, 2.05) is 27.0 Å². The van der Waals surface area contributed by atoms with Crippen LogP contribution in [0.4, 0.5) is 5.69 Å². The van der Waals surface area contributed by atoms with Crippen LogP contribution in [0, 0.1) is 12.3 Å². The number of pyridine rings is 1. The van der Waals surface area contributed by atoms with E-state index in [-0.39, 0.29) is 0 Å². The molecular weight excluding hydrogens is 220 g/mol. The van der Waals surface area contributed by atoms with Crippen molar-refractivity contribution in [2.45, 2.75) is 52.9 Å². The number of anilines is 1. The zero-order chi connectivity index (χ0) is 13.0. The molecule has 1 spiro atoms. The lowest BCUT2D eigenvalue weighted by atomic mass is 9.86. The quantitative estimate of drug-likeness (QED) is 0.738.